The molecule has 0 saturated carbocycles. The lowest BCUT2D eigenvalue weighted by atomic mass is 10.1. The Hall–Kier alpha value is -2.22. The van der Waals surface area contributed by atoms with Gasteiger partial charge >= 0.3 is 5.97 Å². The largest absolute Gasteiger partial charge is 0.480 e. The molecule has 1 atom stereocenters. The first-order chi connectivity index (χ1) is 12.4. The molecule has 0 bridgehead atoms. The minimum absolute atomic E-state index is 0.0954. The monoisotopic (exact) mass is 376 g/mol. The summed E-state index contributed by atoms with van der Waals surface area (Å²) < 4.78 is 28.8. The van der Waals surface area contributed by atoms with Gasteiger partial charge in [-0.3, -0.25) is 4.79 Å². The first kappa shape index (κ1) is 20.1. The summed E-state index contributed by atoms with van der Waals surface area (Å²) >= 11 is 0. The molecule has 140 valence electrons. The summed E-state index contributed by atoms with van der Waals surface area (Å²) in [5, 5.41) is 9.28. The molecule has 0 heterocycles. The molecule has 0 spiro atoms. The Morgan fingerprint density at radius 3 is 2.00 bits per heavy atom. The zero-order valence-electron chi connectivity index (χ0n) is 14.7. The zero-order chi connectivity index (χ0) is 19.0. The van der Waals surface area contributed by atoms with Crippen molar-refractivity contribution in [3.63, 3.8) is 0 Å². The van der Waals surface area contributed by atoms with E-state index in [2.05, 4.69) is 4.72 Å². The summed E-state index contributed by atoms with van der Waals surface area (Å²) in [6.07, 6.45) is 0.978. The average molecular weight is 376 g/mol. The summed E-state index contributed by atoms with van der Waals surface area (Å²) in [5.41, 5.74) is 1.96. The van der Waals surface area contributed by atoms with Crippen LogP contribution in [0.3, 0.4) is 0 Å². The molecule has 26 heavy (non-hydrogen) atoms. The van der Waals surface area contributed by atoms with E-state index in [0.717, 1.165) is 15.4 Å². The molecule has 0 aromatic heterocycles. The second kappa shape index (κ2) is 9.47. The molecule has 2 N–H and O–H groups in total. The standard InChI is InChI=1S/C19H24N2O4S/c1-16(19(22)23)21(15-13-18-10-6-3-7-11-18)26(24,25)20-14-12-17-8-4-2-5-9-17/h2-11,16,20H,12-15H2,1H3,(H,22,23). The van der Waals surface area contributed by atoms with Gasteiger partial charge in [-0.1, -0.05) is 60.7 Å². The maximum Gasteiger partial charge on any atom is 0.321 e. The molecule has 0 amide bonds. The van der Waals surface area contributed by atoms with Gasteiger partial charge in [0.15, 0.2) is 0 Å². The molecule has 2 aromatic rings. The van der Waals surface area contributed by atoms with Gasteiger partial charge < -0.3 is 5.11 Å². The van der Waals surface area contributed by atoms with Gasteiger partial charge in [0, 0.05) is 13.1 Å². The second-order valence-electron chi connectivity index (χ2n) is 6.00. The fraction of sp³-hybridized carbons (Fsp3) is 0.316. The number of rotatable bonds is 10. The lowest BCUT2D eigenvalue weighted by Crippen LogP contribution is -2.49. The van der Waals surface area contributed by atoms with Crippen molar-refractivity contribution < 1.29 is 18.3 Å². The smallest absolute Gasteiger partial charge is 0.321 e. The Labute approximate surface area is 154 Å². The van der Waals surface area contributed by atoms with E-state index in [0.29, 0.717) is 12.8 Å². The van der Waals surface area contributed by atoms with E-state index in [1.54, 1.807) is 0 Å². The SMILES string of the molecule is CC(C(=O)O)N(CCc1ccccc1)S(=O)(=O)NCCc1ccccc1. The van der Waals surface area contributed by atoms with Crippen LogP contribution in [0.15, 0.2) is 60.7 Å². The maximum atomic E-state index is 12.6. The molecule has 7 heteroatoms. The van der Waals surface area contributed by atoms with E-state index < -0.39 is 22.2 Å². The van der Waals surface area contributed by atoms with E-state index >= 15 is 0 Å². The highest BCUT2D eigenvalue weighted by molar-refractivity contribution is 7.87. The Bertz CT molecular complexity index is 795. The molecular formula is C19H24N2O4S. The highest BCUT2D eigenvalue weighted by atomic mass is 32.2. The van der Waals surface area contributed by atoms with Gasteiger partial charge in [-0.25, -0.2) is 4.72 Å². The molecule has 0 aliphatic rings. The van der Waals surface area contributed by atoms with Crippen LogP contribution in [0.5, 0.6) is 0 Å². The number of hydrogen-bond donors (Lipinski definition) is 2. The second-order valence-corrected chi connectivity index (χ2v) is 7.70. The lowest BCUT2D eigenvalue weighted by Gasteiger charge is -2.26. The predicted octanol–water partition coefficient (Wildman–Crippen LogP) is 2.08. The normalized spacial score (nSPS) is 12.8. The highest BCUT2D eigenvalue weighted by Gasteiger charge is 2.30. The van der Waals surface area contributed by atoms with Gasteiger partial charge in [-0.15, -0.1) is 0 Å². The Morgan fingerprint density at radius 2 is 1.50 bits per heavy atom. The third-order valence-electron chi connectivity index (χ3n) is 4.10. The van der Waals surface area contributed by atoms with Crippen molar-refractivity contribution in [2.45, 2.75) is 25.8 Å². The third kappa shape index (κ3) is 5.94. The van der Waals surface area contributed by atoms with E-state index in [-0.39, 0.29) is 13.1 Å². The highest BCUT2D eigenvalue weighted by Crippen LogP contribution is 2.10. The van der Waals surface area contributed by atoms with Crippen LogP contribution >= 0.6 is 0 Å². The van der Waals surface area contributed by atoms with Crippen molar-refractivity contribution >= 4 is 16.2 Å². The Balaban J connectivity index is 2.03. The fourth-order valence-corrected chi connectivity index (χ4v) is 3.95. The van der Waals surface area contributed by atoms with Gasteiger partial charge in [0.2, 0.25) is 0 Å². The van der Waals surface area contributed by atoms with Gasteiger partial charge in [-0.05, 0) is 30.9 Å². The molecule has 2 aromatic carbocycles. The molecule has 0 fully saturated rings. The van der Waals surface area contributed by atoms with Gasteiger partial charge in [0.25, 0.3) is 10.2 Å². The maximum absolute atomic E-state index is 12.6. The number of carboxylic acids is 1. The molecule has 6 nitrogen and oxygen atoms in total. The molecule has 0 aliphatic carbocycles. The molecule has 2 rings (SSSR count). The molecule has 0 saturated heterocycles. The number of aliphatic carboxylic acids is 1. The first-order valence-corrected chi connectivity index (χ1v) is 9.91. The molecule has 0 radical (unpaired) electrons. The van der Waals surface area contributed by atoms with E-state index in [9.17, 15) is 18.3 Å². The van der Waals surface area contributed by atoms with Crippen molar-refractivity contribution in [1.82, 2.24) is 9.03 Å². The molecule has 0 aliphatic heterocycles. The van der Waals surface area contributed by atoms with Crippen LogP contribution in [-0.2, 0) is 27.8 Å². The van der Waals surface area contributed by atoms with Crippen LogP contribution in [0.4, 0.5) is 0 Å². The van der Waals surface area contributed by atoms with Crippen molar-refractivity contribution in [2.75, 3.05) is 13.1 Å². The zero-order valence-corrected chi connectivity index (χ0v) is 15.5. The average Bonchev–Trinajstić information content (AvgIpc) is 2.63. The van der Waals surface area contributed by atoms with E-state index in [1.807, 2.05) is 60.7 Å². The summed E-state index contributed by atoms with van der Waals surface area (Å²) in [5.74, 6) is -1.17. The lowest BCUT2D eigenvalue weighted by molar-refractivity contribution is -0.140. The topological polar surface area (TPSA) is 86.7 Å². The number of benzene rings is 2. The molecule has 1 unspecified atom stereocenters. The first-order valence-electron chi connectivity index (χ1n) is 8.47. The van der Waals surface area contributed by atoms with E-state index in [4.69, 9.17) is 0 Å². The van der Waals surface area contributed by atoms with Crippen molar-refractivity contribution in [2.24, 2.45) is 0 Å². The van der Waals surface area contributed by atoms with E-state index in [1.165, 1.54) is 6.92 Å². The summed E-state index contributed by atoms with van der Waals surface area (Å²) in [7, 11) is -3.90. The Morgan fingerprint density at radius 1 is 1.00 bits per heavy atom. The number of nitrogens with zero attached hydrogens (tertiary/aromatic N) is 1. The fourth-order valence-electron chi connectivity index (χ4n) is 2.58. The van der Waals surface area contributed by atoms with Crippen LogP contribution < -0.4 is 4.72 Å². The van der Waals surface area contributed by atoms with Gasteiger partial charge in [0.05, 0.1) is 0 Å². The van der Waals surface area contributed by atoms with Crippen LogP contribution in [-0.4, -0.2) is 42.9 Å². The van der Waals surface area contributed by atoms with Crippen molar-refractivity contribution in [1.29, 1.82) is 0 Å². The molecular weight excluding hydrogens is 352 g/mol. The summed E-state index contributed by atoms with van der Waals surface area (Å²) in [4.78, 5) is 11.4. The van der Waals surface area contributed by atoms with Crippen molar-refractivity contribution in [3.8, 4) is 0 Å². The predicted molar refractivity (Wildman–Crippen MR) is 101 cm³/mol. The van der Waals surface area contributed by atoms with Crippen LogP contribution in [0.25, 0.3) is 0 Å². The number of hydrogen-bond acceptors (Lipinski definition) is 3. The van der Waals surface area contributed by atoms with Crippen LogP contribution in [0.1, 0.15) is 18.1 Å². The summed E-state index contributed by atoms with van der Waals surface area (Å²) in [6, 6.07) is 17.8. The quantitative estimate of drug-likeness (QED) is 0.665. The minimum Gasteiger partial charge on any atom is -0.480 e. The van der Waals surface area contributed by atoms with Crippen LogP contribution in [0, 0.1) is 0 Å². The minimum atomic E-state index is -3.90. The van der Waals surface area contributed by atoms with Crippen LogP contribution in [0.2, 0.25) is 0 Å². The number of nitrogens with one attached hydrogen (secondary N) is 1. The van der Waals surface area contributed by atoms with Crippen molar-refractivity contribution in [3.05, 3.63) is 71.8 Å². The Kier molecular flexibility index (Phi) is 7.32. The van der Waals surface area contributed by atoms with Gasteiger partial charge in [-0.2, -0.15) is 12.7 Å². The van der Waals surface area contributed by atoms with Gasteiger partial charge in [0.1, 0.15) is 6.04 Å². The number of carbonyl (C=O) groups is 1. The summed E-state index contributed by atoms with van der Waals surface area (Å²) in [6.45, 7) is 1.68. The third-order valence-corrected chi connectivity index (χ3v) is 5.79. The number of carboxylic acid groups (broad SMARTS) is 1.